The Bertz CT molecular complexity index is 609. The molecular formula is C14H18N6. The summed E-state index contributed by atoms with van der Waals surface area (Å²) in [6.07, 6.45) is 4.39. The van der Waals surface area contributed by atoms with Crippen LogP contribution in [0.15, 0.2) is 24.5 Å². The Morgan fingerprint density at radius 3 is 2.80 bits per heavy atom. The minimum Gasteiger partial charge on any atom is -0.368 e. The largest absolute Gasteiger partial charge is 0.368 e. The molecule has 0 spiro atoms. The van der Waals surface area contributed by atoms with Crippen molar-refractivity contribution in [3.05, 3.63) is 36.0 Å². The molecule has 2 rings (SSSR count). The number of aromatic nitrogens is 4. The molecule has 0 bridgehead atoms. The molecule has 0 atom stereocenters. The van der Waals surface area contributed by atoms with Crippen molar-refractivity contribution in [3.63, 3.8) is 0 Å². The van der Waals surface area contributed by atoms with Crippen molar-refractivity contribution in [2.24, 2.45) is 0 Å². The Kier molecular flexibility index (Phi) is 3.99. The van der Waals surface area contributed by atoms with Crippen molar-refractivity contribution < 1.29 is 0 Å². The zero-order chi connectivity index (χ0) is 14.6. The molecule has 0 aliphatic heterocycles. The molecule has 20 heavy (non-hydrogen) atoms. The van der Waals surface area contributed by atoms with Gasteiger partial charge in [0, 0.05) is 31.4 Å². The van der Waals surface area contributed by atoms with E-state index in [2.05, 4.69) is 40.3 Å². The number of hydrogen-bond acceptors (Lipinski definition) is 5. The minimum absolute atomic E-state index is 0.187. The van der Waals surface area contributed by atoms with Crippen molar-refractivity contribution in [1.82, 2.24) is 19.7 Å². The highest BCUT2D eigenvalue weighted by molar-refractivity contribution is 5.40. The SMILES string of the molecule is CCc1nc(C#N)cc(NCC(C)(C)n2cccn2)n1. The molecule has 0 aromatic carbocycles. The first-order valence-corrected chi connectivity index (χ1v) is 6.57. The summed E-state index contributed by atoms with van der Waals surface area (Å²) in [6, 6.07) is 5.62. The predicted molar refractivity (Wildman–Crippen MR) is 76.2 cm³/mol. The summed E-state index contributed by atoms with van der Waals surface area (Å²) in [5, 5.41) is 16.5. The maximum absolute atomic E-state index is 8.98. The van der Waals surface area contributed by atoms with Crippen LogP contribution < -0.4 is 5.32 Å². The highest BCUT2D eigenvalue weighted by Gasteiger charge is 2.20. The van der Waals surface area contributed by atoms with E-state index < -0.39 is 0 Å². The molecule has 6 nitrogen and oxygen atoms in total. The maximum atomic E-state index is 8.98. The fourth-order valence-corrected chi connectivity index (χ4v) is 1.82. The average Bonchev–Trinajstić information content (AvgIpc) is 3.00. The zero-order valence-corrected chi connectivity index (χ0v) is 12.0. The molecule has 0 radical (unpaired) electrons. The lowest BCUT2D eigenvalue weighted by atomic mass is 10.1. The van der Waals surface area contributed by atoms with E-state index >= 15 is 0 Å². The molecular weight excluding hydrogens is 252 g/mol. The lowest BCUT2D eigenvalue weighted by Gasteiger charge is -2.26. The maximum Gasteiger partial charge on any atom is 0.146 e. The number of anilines is 1. The monoisotopic (exact) mass is 270 g/mol. The van der Waals surface area contributed by atoms with Crippen molar-refractivity contribution in [2.75, 3.05) is 11.9 Å². The van der Waals surface area contributed by atoms with Crippen LogP contribution in [0.3, 0.4) is 0 Å². The highest BCUT2D eigenvalue weighted by Crippen LogP contribution is 2.15. The van der Waals surface area contributed by atoms with Crippen LogP contribution in [0.25, 0.3) is 0 Å². The van der Waals surface area contributed by atoms with E-state index in [1.54, 1.807) is 12.3 Å². The van der Waals surface area contributed by atoms with Crippen molar-refractivity contribution in [3.8, 4) is 6.07 Å². The molecule has 0 fully saturated rings. The summed E-state index contributed by atoms with van der Waals surface area (Å²) in [4.78, 5) is 8.52. The second-order valence-corrected chi connectivity index (χ2v) is 5.14. The first kappa shape index (κ1) is 14.0. The van der Waals surface area contributed by atoms with Gasteiger partial charge in [-0.05, 0) is 19.9 Å². The van der Waals surface area contributed by atoms with Gasteiger partial charge >= 0.3 is 0 Å². The van der Waals surface area contributed by atoms with E-state index in [1.165, 1.54) is 0 Å². The normalized spacial score (nSPS) is 11.1. The molecule has 0 aliphatic carbocycles. The molecule has 2 aromatic rings. The molecule has 0 unspecified atom stereocenters. The van der Waals surface area contributed by atoms with Gasteiger partial charge in [-0.25, -0.2) is 9.97 Å². The molecule has 1 N–H and O–H groups in total. The van der Waals surface area contributed by atoms with Crippen molar-refractivity contribution in [2.45, 2.75) is 32.7 Å². The standard InChI is InChI=1S/C14H18N6/c1-4-12-18-11(9-15)8-13(19-12)16-10-14(2,3)20-7-5-6-17-20/h5-8H,4,10H2,1-3H3,(H,16,18,19). The molecule has 0 saturated heterocycles. The Labute approximate surface area is 118 Å². The molecule has 104 valence electrons. The number of aryl methyl sites for hydroxylation is 1. The van der Waals surface area contributed by atoms with E-state index in [4.69, 9.17) is 5.26 Å². The summed E-state index contributed by atoms with van der Waals surface area (Å²) in [6.45, 7) is 6.79. The number of nitrogens with one attached hydrogen (secondary N) is 1. The van der Waals surface area contributed by atoms with Crippen LogP contribution in [0.1, 0.15) is 32.3 Å². The van der Waals surface area contributed by atoms with Crippen LogP contribution in [-0.2, 0) is 12.0 Å². The van der Waals surface area contributed by atoms with Crippen LogP contribution >= 0.6 is 0 Å². The third-order valence-corrected chi connectivity index (χ3v) is 3.03. The van der Waals surface area contributed by atoms with Crippen molar-refractivity contribution in [1.29, 1.82) is 5.26 Å². The predicted octanol–water partition coefficient (Wildman–Crippen LogP) is 1.95. The molecule has 0 aliphatic rings. The lowest BCUT2D eigenvalue weighted by Crippen LogP contribution is -2.35. The van der Waals surface area contributed by atoms with Gasteiger partial charge in [-0.1, -0.05) is 6.92 Å². The summed E-state index contributed by atoms with van der Waals surface area (Å²) in [7, 11) is 0. The van der Waals surface area contributed by atoms with Crippen LogP contribution in [0.4, 0.5) is 5.82 Å². The molecule has 0 saturated carbocycles. The number of nitrogens with zero attached hydrogens (tertiary/aromatic N) is 5. The van der Waals surface area contributed by atoms with Gasteiger partial charge in [-0.2, -0.15) is 10.4 Å². The second-order valence-electron chi connectivity index (χ2n) is 5.14. The Morgan fingerprint density at radius 1 is 1.40 bits per heavy atom. The van der Waals surface area contributed by atoms with Crippen LogP contribution in [0, 0.1) is 11.3 Å². The summed E-state index contributed by atoms with van der Waals surface area (Å²) >= 11 is 0. The number of hydrogen-bond donors (Lipinski definition) is 1. The van der Waals surface area contributed by atoms with Gasteiger partial charge in [-0.3, -0.25) is 4.68 Å². The summed E-state index contributed by atoms with van der Waals surface area (Å²) in [5.41, 5.74) is 0.199. The average molecular weight is 270 g/mol. The van der Waals surface area contributed by atoms with E-state index in [1.807, 2.05) is 23.9 Å². The molecule has 2 aromatic heterocycles. The van der Waals surface area contributed by atoms with Gasteiger partial charge in [-0.15, -0.1) is 0 Å². The Morgan fingerprint density at radius 2 is 2.20 bits per heavy atom. The van der Waals surface area contributed by atoms with E-state index in [0.717, 1.165) is 0 Å². The second kappa shape index (κ2) is 5.70. The van der Waals surface area contributed by atoms with E-state index in [9.17, 15) is 0 Å². The fraction of sp³-hybridized carbons (Fsp3) is 0.429. The van der Waals surface area contributed by atoms with Crippen LogP contribution in [0.5, 0.6) is 0 Å². The highest BCUT2D eigenvalue weighted by atomic mass is 15.3. The summed E-state index contributed by atoms with van der Waals surface area (Å²) in [5.74, 6) is 1.34. The molecule has 6 heteroatoms. The third-order valence-electron chi connectivity index (χ3n) is 3.03. The van der Waals surface area contributed by atoms with Crippen molar-refractivity contribution >= 4 is 5.82 Å². The van der Waals surface area contributed by atoms with Crippen LogP contribution in [0.2, 0.25) is 0 Å². The fourth-order valence-electron chi connectivity index (χ4n) is 1.82. The lowest BCUT2D eigenvalue weighted by molar-refractivity contribution is 0.339. The van der Waals surface area contributed by atoms with Gasteiger partial charge in [0.25, 0.3) is 0 Å². The Balaban J connectivity index is 2.13. The Hall–Kier alpha value is -2.42. The van der Waals surface area contributed by atoms with Gasteiger partial charge in [0.15, 0.2) is 0 Å². The molecule has 2 heterocycles. The first-order valence-electron chi connectivity index (χ1n) is 6.57. The van der Waals surface area contributed by atoms with Crippen LogP contribution in [-0.4, -0.2) is 26.3 Å². The first-order chi connectivity index (χ1) is 9.55. The van der Waals surface area contributed by atoms with E-state index in [-0.39, 0.29) is 5.54 Å². The number of nitriles is 1. The molecule has 0 amide bonds. The van der Waals surface area contributed by atoms with Gasteiger partial charge in [0.1, 0.15) is 23.4 Å². The topological polar surface area (TPSA) is 79.4 Å². The zero-order valence-electron chi connectivity index (χ0n) is 12.0. The van der Waals surface area contributed by atoms with E-state index in [0.29, 0.717) is 30.3 Å². The quantitative estimate of drug-likeness (QED) is 0.898. The number of rotatable bonds is 5. The third kappa shape index (κ3) is 3.12. The minimum atomic E-state index is -0.187. The smallest absolute Gasteiger partial charge is 0.146 e. The summed E-state index contributed by atoms with van der Waals surface area (Å²) < 4.78 is 1.90. The van der Waals surface area contributed by atoms with Gasteiger partial charge in [0.2, 0.25) is 0 Å². The van der Waals surface area contributed by atoms with Gasteiger partial charge < -0.3 is 5.32 Å². The van der Waals surface area contributed by atoms with Gasteiger partial charge in [0.05, 0.1) is 5.54 Å².